The molecule has 1 aromatic rings. The highest BCUT2D eigenvalue weighted by atomic mass is 16.6. The second-order valence-electron chi connectivity index (χ2n) is 4.48. The fourth-order valence-electron chi connectivity index (χ4n) is 2.39. The average molecular weight is 204 g/mol. The fourth-order valence-corrected chi connectivity index (χ4v) is 2.39. The van der Waals surface area contributed by atoms with Crippen molar-refractivity contribution in [2.24, 2.45) is 0 Å². The molecule has 1 atom stereocenters. The van der Waals surface area contributed by atoms with Crippen LogP contribution >= 0.6 is 0 Å². The van der Waals surface area contributed by atoms with Crippen LogP contribution < -0.4 is 0 Å². The number of benzene rings is 1. The van der Waals surface area contributed by atoms with Gasteiger partial charge in [-0.05, 0) is 44.4 Å². The summed E-state index contributed by atoms with van der Waals surface area (Å²) in [6.45, 7) is 8.07. The summed E-state index contributed by atoms with van der Waals surface area (Å²) in [5.41, 5.74) is 3.66. The lowest BCUT2D eigenvalue weighted by atomic mass is 9.87. The van der Waals surface area contributed by atoms with Gasteiger partial charge in [0.2, 0.25) is 0 Å². The molecule has 1 aliphatic rings. The Morgan fingerprint density at radius 2 is 2.00 bits per heavy atom. The number of carbonyl (C=O) groups is 1. The standard InChI is InChI=1S/C13H16O2/c1-5-13(4)11-9(3)6-8(2)7-10(11)12(14)15-13/h6-7H,5H2,1-4H3/t13-/m1/s1. The molecular formula is C13H16O2. The quantitative estimate of drug-likeness (QED) is 0.657. The average Bonchev–Trinajstić information content (AvgIpc) is 2.39. The molecule has 0 radical (unpaired) electrons. The molecule has 15 heavy (non-hydrogen) atoms. The van der Waals surface area contributed by atoms with Gasteiger partial charge in [-0.15, -0.1) is 0 Å². The summed E-state index contributed by atoms with van der Waals surface area (Å²) < 4.78 is 5.47. The number of ether oxygens (including phenoxy) is 1. The molecule has 0 fully saturated rings. The van der Waals surface area contributed by atoms with Crippen LogP contribution in [0.5, 0.6) is 0 Å². The van der Waals surface area contributed by atoms with Crippen molar-refractivity contribution in [2.45, 2.75) is 39.7 Å². The molecule has 0 bridgehead atoms. The molecule has 1 aliphatic heterocycles. The highest BCUT2D eigenvalue weighted by Gasteiger charge is 2.41. The molecule has 0 saturated heterocycles. The largest absolute Gasteiger partial charge is 0.451 e. The predicted octanol–water partition coefficient (Wildman–Crippen LogP) is 3.10. The summed E-state index contributed by atoms with van der Waals surface area (Å²) in [6.07, 6.45) is 0.815. The van der Waals surface area contributed by atoms with Gasteiger partial charge in [-0.3, -0.25) is 0 Å². The minimum atomic E-state index is -0.426. The van der Waals surface area contributed by atoms with E-state index in [1.807, 2.05) is 33.8 Å². The van der Waals surface area contributed by atoms with Crippen molar-refractivity contribution in [3.05, 3.63) is 34.4 Å². The van der Waals surface area contributed by atoms with Gasteiger partial charge in [0.05, 0.1) is 5.56 Å². The van der Waals surface area contributed by atoms with E-state index in [0.29, 0.717) is 0 Å². The number of cyclic esters (lactones) is 1. The molecule has 0 amide bonds. The van der Waals surface area contributed by atoms with Crippen molar-refractivity contribution in [1.29, 1.82) is 0 Å². The Hall–Kier alpha value is -1.31. The number of rotatable bonds is 1. The number of hydrogen-bond acceptors (Lipinski definition) is 2. The Bertz CT molecular complexity index is 434. The Kier molecular flexibility index (Phi) is 2.10. The maximum absolute atomic E-state index is 11.7. The number of fused-ring (bicyclic) bond motifs is 1. The minimum absolute atomic E-state index is 0.179. The van der Waals surface area contributed by atoms with E-state index in [-0.39, 0.29) is 5.97 Å². The second-order valence-corrected chi connectivity index (χ2v) is 4.48. The van der Waals surface area contributed by atoms with Crippen molar-refractivity contribution < 1.29 is 9.53 Å². The monoisotopic (exact) mass is 204 g/mol. The van der Waals surface area contributed by atoms with E-state index < -0.39 is 5.60 Å². The third-order valence-electron chi connectivity index (χ3n) is 3.22. The van der Waals surface area contributed by atoms with Gasteiger partial charge in [0.15, 0.2) is 0 Å². The topological polar surface area (TPSA) is 26.3 Å². The lowest BCUT2D eigenvalue weighted by molar-refractivity contribution is -0.000951. The number of carbonyl (C=O) groups excluding carboxylic acids is 1. The first-order chi connectivity index (χ1) is 6.98. The highest BCUT2D eigenvalue weighted by molar-refractivity contribution is 5.95. The van der Waals surface area contributed by atoms with Crippen molar-refractivity contribution in [3.63, 3.8) is 0 Å². The summed E-state index contributed by atoms with van der Waals surface area (Å²) in [7, 11) is 0. The van der Waals surface area contributed by atoms with E-state index in [2.05, 4.69) is 6.07 Å². The second kappa shape index (κ2) is 3.09. The molecular weight excluding hydrogens is 188 g/mol. The highest BCUT2D eigenvalue weighted by Crippen LogP contribution is 2.40. The van der Waals surface area contributed by atoms with E-state index >= 15 is 0 Å². The first-order valence-electron chi connectivity index (χ1n) is 5.33. The van der Waals surface area contributed by atoms with Gasteiger partial charge in [-0.2, -0.15) is 0 Å². The van der Waals surface area contributed by atoms with Gasteiger partial charge < -0.3 is 4.74 Å². The van der Waals surface area contributed by atoms with E-state index in [1.165, 1.54) is 0 Å². The van der Waals surface area contributed by atoms with Gasteiger partial charge in [-0.1, -0.05) is 13.0 Å². The molecule has 0 N–H and O–H groups in total. The molecule has 2 nitrogen and oxygen atoms in total. The van der Waals surface area contributed by atoms with Crippen LogP contribution in [0.2, 0.25) is 0 Å². The fraction of sp³-hybridized carbons (Fsp3) is 0.462. The third-order valence-corrected chi connectivity index (χ3v) is 3.22. The number of esters is 1. The number of aryl methyl sites for hydroxylation is 2. The molecule has 0 spiro atoms. The SMILES string of the molecule is CC[C@@]1(C)OC(=O)c2cc(C)cc(C)c21. The molecule has 0 aromatic heterocycles. The summed E-state index contributed by atoms with van der Waals surface area (Å²) in [5.74, 6) is -0.179. The van der Waals surface area contributed by atoms with Crippen LogP contribution in [-0.4, -0.2) is 5.97 Å². The summed E-state index contributed by atoms with van der Waals surface area (Å²) in [6, 6.07) is 4.03. The number of hydrogen-bond donors (Lipinski definition) is 0. The smallest absolute Gasteiger partial charge is 0.339 e. The van der Waals surface area contributed by atoms with Crippen LogP contribution in [0, 0.1) is 13.8 Å². The van der Waals surface area contributed by atoms with Gasteiger partial charge in [-0.25, -0.2) is 4.79 Å². The lowest BCUT2D eigenvalue weighted by Gasteiger charge is -2.23. The summed E-state index contributed by atoms with van der Waals surface area (Å²) >= 11 is 0. The molecule has 0 saturated carbocycles. The zero-order valence-corrected chi connectivity index (χ0v) is 9.68. The lowest BCUT2D eigenvalue weighted by Crippen LogP contribution is -2.21. The van der Waals surface area contributed by atoms with Crippen molar-refractivity contribution in [3.8, 4) is 0 Å². The Labute approximate surface area is 90.3 Å². The summed E-state index contributed by atoms with van der Waals surface area (Å²) in [4.78, 5) is 11.7. The first-order valence-corrected chi connectivity index (χ1v) is 5.33. The Balaban J connectivity index is 2.71. The maximum atomic E-state index is 11.7. The van der Waals surface area contributed by atoms with Crippen molar-refractivity contribution >= 4 is 5.97 Å². The zero-order chi connectivity index (χ0) is 11.2. The first kappa shape index (κ1) is 10.2. The zero-order valence-electron chi connectivity index (χ0n) is 9.68. The van der Waals surface area contributed by atoms with E-state index in [0.717, 1.165) is 28.7 Å². The van der Waals surface area contributed by atoms with Crippen LogP contribution in [0.1, 0.15) is 47.3 Å². The molecule has 80 valence electrons. The van der Waals surface area contributed by atoms with Crippen LogP contribution in [-0.2, 0) is 10.3 Å². The van der Waals surface area contributed by atoms with Crippen molar-refractivity contribution in [1.82, 2.24) is 0 Å². The van der Waals surface area contributed by atoms with Gasteiger partial charge in [0, 0.05) is 5.56 Å². The molecule has 2 heteroatoms. The molecule has 0 unspecified atom stereocenters. The van der Waals surface area contributed by atoms with Crippen LogP contribution in [0.4, 0.5) is 0 Å². The third kappa shape index (κ3) is 1.36. The van der Waals surface area contributed by atoms with Gasteiger partial charge in [0.1, 0.15) is 5.60 Å². The van der Waals surface area contributed by atoms with Crippen LogP contribution in [0.25, 0.3) is 0 Å². The predicted molar refractivity (Wildman–Crippen MR) is 59.0 cm³/mol. The van der Waals surface area contributed by atoms with Gasteiger partial charge in [0.25, 0.3) is 0 Å². The molecule has 2 rings (SSSR count). The molecule has 1 aromatic carbocycles. The molecule has 1 heterocycles. The van der Waals surface area contributed by atoms with E-state index in [1.54, 1.807) is 0 Å². The Morgan fingerprint density at radius 1 is 1.33 bits per heavy atom. The maximum Gasteiger partial charge on any atom is 0.339 e. The van der Waals surface area contributed by atoms with Crippen LogP contribution in [0.15, 0.2) is 12.1 Å². The Morgan fingerprint density at radius 3 is 2.60 bits per heavy atom. The van der Waals surface area contributed by atoms with E-state index in [4.69, 9.17) is 4.74 Å². The molecule has 0 aliphatic carbocycles. The van der Waals surface area contributed by atoms with Crippen LogP contribution in [0.3, 0.4) is 0 Å². The van der Waals surface area contributed by atoms with Crippen molar-refractivity contribution in [2.75, 3.05) is 0 Å². The minimum Gasteiger partial charge on any atom is -0.451 e. The normalized spacial score (nSPS) is 23.9. The van der Waals surface area contributed by atoms with Gasteiger partial charge >= 0.3 is 5.97 Å². The van der Waals surface area contributed by atoms with E-state index in [9.17, 15) is 4.79 Å². The summed E-state index contributed by atoms with van der Waals surface area (Å²) in [5, 5.41) is 0.